The smallest absolute Gasteiger partial charge is 0.0366 e. The van der Waals surface area contributed by atoms with Crippen molar-refractivity contribution in [3.8, 4) is 0 Å². The zero-order chi connectivity index (χ0) is 15.3. The predicted molar refractivity (Wildman–Crippen MR) is 92.0 cm³/mol. The molecule has 1 fully saturated rings. The van der Waals surface area contributed by atoms with E-state index in [1.54, 1.807) is 0 Å². The molecule has 0 aliphatic carbocycles. The lowest BCUT2D eigenvalue weighted by Gasteiger charge is -2.38. The first-order chi connectivity index (χ1) is 10.1. The molecule has 1 aromatic carbocycles. The average Bonchev–Trinajstić information content (AvgIpc) is 3.05. The van der Waals surface area contributed by atoms with Crippen molar-refractivity contribution >= 4 is 5.69 Å². The van der Waals surface area contributed by atoms with Gasteiger partial charge >= 0.3 is 0 Å². The summed E-state index contributed by atoms with van der Waals surface area (Å²) < 4.78 is 0. The Kier molecular flexibility index (Phi) is 5.65. The minimum Gasteiger partial charge on any atom is -0.372 e. The van der Waals surface area contributed by atoms with Gasteiger partial charge in [-0.1, -0.05) is 12.1 Å². The summed E-state index contributed by atoms with van der Waals surface area (Å²) in [6.07, 6.45) is 3.68. The first-order valence-electron chi connectivity index (χ1n) is 8.42. The molecule has 1 aliphatic rings. The number of nitrogens with two attached hydrogens (primary N) is 1. The van der Waals surface area contributed by atoms with E-state index in [2.05, 4.69) is 54.8 Å². The summed E-state index contributed by atoms with van der Waals surface area (Å²) in [5.74, 6) is 0. The van der Waals surface area contributed by atoms with Gasteiger partial charge in [-0.15, -0.1) is 0 Å². The van der Waals surface area contributed by atoms with E-state index in [0.29, 0.717) is 0 Å². The number of hydrogen-bond donors (Lipinski definition) is 1. The number of nitrogens with zero attached hydrogens (tertiary/aromatic N) is 2. The Labute approximate surface area is 130 Å². The number of benzene rings is 1. The summed E-state index contributed by atoms with van der Waals surface area (Å²) in [6.45, 7) is 12.0. The lowest BCUT2D eigenvalue weighted by molar-refractivity contribution is 0.143. The van der Waals surface area contributed by atoms with Crippen molar-refractivity contribution in [1.29, 1.82) is 0 Å². The van der Waals surface area contributed by atoms with Gasteiger partial charge in [0.05, 0.1) is 0 Å². The summed E-state index contributed by atoms with van der Waals surface area (Å²) in [6, 6.07) is 9.06. The summed E-state index contributed by atoms with van der Waals surface area (Å²) in [7, 11) is 0. The fourth-order valence-electron chi connectivity index (χ4n) is 3.42. The molecule has 1 heterocycles. The maximum atomic E-state index is 6.11. The van der Waals surface area contributed by atoms with E-state index in [1.165, 1.54) is 37.2 Å². The van der Waals surface area contributed by atoms with E-state index in [4.69, 9.17) is 5.73 Å². The lowest BCUT2D eigenvalue weighted by Crippen LogP contribution is -2.51. The molecule has 0 amide bonds. The largest absolute Gasteiger partial charge is 0.372 e. The normalized spacial score (nSPS) is 18.7. The molecule has 1 aromatic rings. The van der Waals surface area contributed by atoms with E-state index >= 15 is 0 Å². The minimum atomic E-state index is 0.104. The first kappa shape index (κ1) is 16.3. The highest BCUT2D eigenvalue weighted by Crippen LogP contribution is 2.25. The van der Waals surface area contributed by atoms with Crippen LogP contribution in [0.25, 0.3) is 0 Å². The van der Waals surface area contributed by atoms with Crippen molar-refractivity contribution in [3.63, 3.8) is 0 Å². The molecule has 1 atom stereocenters. The Hall–Kier alpha value is -1.06. The molecule has 118 valence electrons. The average molecular weight is 289 g/mol. The van der Waals surface area contributed by atoms with Crippen LogP contribution in [0.2, 0.25) is 0 Å². The van der Waals surface area contributed by atoms with Crippen LogP contribution in [0.1, 0.15) is 39.2 Å². The van der Waals surface area contributed by atoms with Gasteiger partial charge in [0.1, 0.15) is 0 Å². The van der Waals surface area contributed by atoms with Crippen LogP contribution in [0.4, 0.5) is 5.69 Å². The quantitative estimate of drug-likeness (QED) is 0.838. The third-order valence-electron chi connectivity index (χ3n) is 4.96. The molecule has 2 rings (SSSR count). The molecule has 1 aliphatic heterocycles. The SMILES string of the molecule is CCN(CC)c1ccc(CC(C)(CN)N2CCCC2)cc1. The van der Waals surface area contributed by atoms with Gasteiger partial charge in [0.2, 0.25) is 0 Å². The maximum absolute atomic E-state index is 6.11. The Morgan fingerprint density at radius 3 is 2.14 bits per heavy atom. The van der Waals surface area contributed by atoms with Gasteiger partial charge in [-0.25, -0.2) is 0 Å². The van der Waals surface area contributed by atoms with Crippen molar-refractivity contribution in [2.24, 2.45) is 5.73 Å². The van der Waals surface area contributed by atoms with E-state index in [9.17, 15) is 0 Å². The molecule has 21 heavy (non-hydrogen) atoms. The molecule has 0 bridgehead atoms. The number of hydrogen-bond acceptors (Lipinski definition) is 3. The molecule has 0 saturated carbocycles. The minimum absolute atomic E-state index is 0.104. The van der Waals surface area contributed by atoms with E-state index in [1.807, 2.05) is 0 Å². The monoisotopic (exact) mass is 289 g/mol. The van der Waals surface area contributed by atoms with Crippen LogP contribution in [0.5, 0.6) is 0 Å². The zero-order valence-corrected chi connectivity index (χ0v) is 13.9. The molecule has 3 nitrogen and oxygen atoms in total. The van der Waals surface area contributed by atoms with Crippen LogP contribution < -0.4 is 10.6 Å². The third kappa shape index (κ3) is 3.78. The molecule has 1 saturated heterocycles. The van der Waals surface area contributed by atoms with Gasteiger partial charge in [0, 0.05) is 30.9 Å². The van der Waals surface area contributed by atoms with Crippen molar-refractivity contribution in [1.82, 2.24) is 4.90 Å². The summed E-state index contributed by atoms with van der Waals surface area (Å²) >= 11 is 0. The van der Waals surface area contributed by atoms with Crippen LogP contribution in [0.15, 0.2) is 24.3 Å². The first-order valence-corrected chi connectivity index (χ1v) is 8.42. The molecule has 0 spiro atoms. The molecule has 3 heteroatoms. The molecular weight excluding hydrogens is 258 g/mol. The highest BCUT2D eigenvalue weighted by molar-refractivity contribution is 5.47. The number of rotatable bonds is 7. The van der Waals surface area contributed by atoms with Crippen LogP contribution in [0.3, 0.4) is 0 Å². The molecule has 1 unspecified atom stereocenters. The van der Waals surface area contributed by atoms with Crippen LogP contribution in [-0.2, 0) is 6.42 Å². The van der Waals surface area contributed by atoms with Crippen LogP contribution >= 0.6 is 0 Å². The second kappa shape index (κ2) is 7.28. The topological polar surface area (TPSA) is 32.5 Å². The molecule has 0 radical (unpaired) electrons. The number of anilines is 1. The molecule has 0 aromatic heterocycles. The van der Waals surface area contributed by atoms with Crippen molar-refractivity contribution in [2.45, 2.75) is 45.6 Å². The predicted octanol–water partition coefficient (Wildman–Crippen LogP) is 2.89. The van der Waals surface area contributed by atoms with Gasteiger partial charge in [0.25, 0.3) is 0 Å². The van der Waals surface area contributed by atoms with Crippen LogP contribution in [0, 0.1) is 0 Å². The number of likely N-dealkylation sites (tertiary alicyclic amines) is 1. The second-order valence-corrected chi connectivity index (χ2v) is 6.41. The summed E-state index contributed by atoms with van der Waals surface area (Å²) in [5, 5.41) is 0. The Balaban J connectivity index is 2.07. The summed E-state index contributed by atoms with van der Waals surface area (Å²) in [4.78, 5) is 4.96. The fraction of sp³-hybridized carbons (Fsp3) is 0.667. The highest BCUT2D eigenvalue weighted by atomic mass is 15.2. The Bertz CT molecular complexity index is 419. The fourth-order valence-corrected chi connectivity index (χ4v) is 3.42. The van der Waals surface area contributed by atoms with E-state index in [0.717, 1.165) is 26.1 Å². The van der Waals surface area contributed by atoms with Crippen molar-refractivity contribution in [2.75, 3.05) is 37.6 Å². The van der Waals surface area contributed by atoms with Crippen LogP contribution in [-0.4, -0.2) is 43.2 Å². The van der Waals surface area contributed by atoms with Crippen molar-refractivity contribution in [3.05, 3.63) is 29.8 Å². The van der Waals surface area contributed by atoms with Gasteiger partial charge in [-0.2, -0.15) is 0 Å². The second-order valence-electron chi connectivity index (χ2n) is 6.41. The van der Waals surface area contributed by atoms with Gasteiger partial charge in [0.15, 0.2) is 0 Å². The zero-order valence-electron chi connectivity index (χ0n) is 13.9. The van der Waals surface area contributed by atoms with Gasteiger partial charge in [-0.05, 0) is 70.8 Å². The van der Waals surface area contributed by atoms with Gasteiger partial charge < -0.3 is 10.6 Å². The third-order valence-corrected chi connectivity index (χ3v) is 4.96. The maximum Gasteiger partial charge on any atom is 0.0366 e. The van der Waals surface area contributed by atoms with Gasteiger partial charge in [-0.3, -0.25) is 4.90 Å². The standard InChI is InChI=1S/C18H31N3/c1-4-20(5-2)17-10-8-16(9-11-17)14-18(3,15-19)21-12-6-7-13-21/h8-11H,4-7,12-15,19H2,1-3H3. The molecule has 2 N–H and O–H groups in total. The lowest BCUT2D eigenvalue weighted by atomic mass is 9.91. The highest BCUT2D eigenvalue weighted by Gasteiger charge is 2.32. The van der Waals surface area contributed by atoms with E-state index in [-0.39, 0.29) is 5.54 Å². The van der Waals surface area contributed by atoms with Crippen molar-refractivity contribution < 1.29 is 0 Å². The molecular formula is C18H31N3. The van der Waals surface area contributed by atoms with E-state index < -0.39 is 0 Å². The Morgan fingerprint density at radius 1 is 1.10 bits per heavy atom. The Morgan fingerprint density at radius 2 is 1.67 bits per heavy atom. The summed E-state index contributed by atoms with van der Waals surface area (Å²) in [5.41, 5.74) is 8.92.